The standard InChI is InChI=1S/C16H18N2O4S/c1-21-11-5-6-12(13(10-11)22-2)18-15(19)7-8-17-16(20)14-4-3-9-23-14/h3-6,9-10H,7-8H2,1-2H3,(H,17,20)(H,18,19). The van der Waals surface area contributed by atoms with Gasteiger partial charge in [0.25, 0.3) is 5.91 Å². The first kappa shape index (κ1) is 16.8. The Morgan fingerprint density at radius 1 is 1.17 bits per heavy atom. The van der Waals surface area contributed by atoms with E-state index in [4.69, 9.17) is 9.47 Å². The molecule has 0 aliphatic rings. The van der Waals surface area contributed by atoms with Crippen molar-refractivity contribution in [3.8, 4) is 11.5 Å². The molecule has 1 heterocycles. The first-order valence-electron chi connectivity index (χ1n) is 6.97. The minimum Gasteiger partial charge on any atom is -0.497 e. The summed E-state index contributed by atoms with van der Waals surface area (Å²) in [4.78, 5) is 24.3. The highest BCUT2D eigenvalue weighted by Gasteiger charge is 2.10. The molecule has 0 spiro atoms. The number of hydrogen-bond acceptors (Lipinski definition) is 5. The first-order valence-corrected chi connectivity index (χ1v) is 7.85. The summed E-state index contributed by atoms with van der Waals surface area (Å²) in [5.74, 6) is 0.776. The fourth-order valence-corrected chi connectivity index (χ4v) is 2.54. The van der Waals surface area contributed by atoms with Gasteiger partial charge in [0.2, 0.25) is 5.91 Å². The molecule has 0 aliphatic carbocycles. The third-order valence-electron chi connectivity index (χ3n) is 3.07. The molecule has 122 valence electrons. The molecule has 2 rings (SSSR count). The molecular formula is C16H18N2O4S. The molecule has 0 unspecified atom stereocenters. The van der Waals surface area contributed by atoms with Crippen LogP contribution >= 0.6 is 11.3 Å². The second kappa shape index (κ2) is 8.19. The van der Waals surface area contributed by atoms with Crippen LogP contribution in [0.1, 0.15) is 16.1 Å². The van der Waals surface area contributed by atoms with Gasteiger partial charge < -0.3 is 20.1 Å². The van der Waals surface area contributed by atoms with E-state index in [0.29, 0.717) is 22.1 Å². The van der Waals surface area contributed by atoms with Crippen molar-refractivity contribution >= 4 is 28.8 Å². The predicted molar refractivity (Wildman–Crippen MR) is 89.4 cm³/mol. The maximum absolute atomic E-state index is 12.0. The van der Waals surface area contributed by atoms with Crippen LogP contribution in [-0.2, 0) is 4.79 Å². The first-order chi connectivity index (χ1) is 11.1. The Hall–Kier alpha value is -2.54. The maximum atomic E-state index is 12.0. The van der Waals surface area contributed by atoms with Gasteiger partial charge in [0.05, 0.1) is 24.8 Å². The normalized spacial score (nSPS) is 10.0. The highest BCUT2D eigenvalue weighted by molar-refractivity contribution is 7.12. The van der Waals surface area contributed by atoms with Crippen molar-refractivity contribution in [1.82, 2.24) is 5.32 Å². The summed E-state index contributed by atoms with van der Waals surface area (Å²) in [6, 6.07) is 8.68. The van der Waals surface area contributed by atoms with E-state index in [0.717, 1.165) is 0 Å². The van der Waals surface area contributed by atoms with Crippen molar-refractivity contribution < 1.29 is 19.1 Å². The molecule has 0 aliphatic heterocycles. The van der Waals surface area contributed by atoms with Crippen LogP contribution in [0.3, 0.4) is 0 Å². The molecule has 0 fully saturated rings. The molecule has 0 atom stereocenters. The summed E-state index contributed by atoms with van der Waals surface area (Å²) in [5, 5.41) is 7.29. The average molecular weight is 334 g/mol. The molecule has 6 nitrogen and oxygen atoms in total. The molecular weight excluding hydrogens is 316 g/mol. The number of methoxy groups -OCH3 is 2. The van der Waals surface area contributed by atoms with Gasteiger partial charge in [-0.15, -0.1) is 11.3 Å². The molecule has 7 heteroatoms. The number of benzene rings is 1. The molecule has 1 aromatic carbocycles. The van der Waals surface area contributed by atoms with Crippen LogP contribution in [0.4, 0.5) is 5.69 Å². The van der Waals surface area contributed by atoms with Crippen LogP contribution in [0.2, 0.25) is 0 Å². The van der Waals surface area contributed by atoms with Crippen molar-refractivity contribution in [2.45, 2.75) is 6.42 Å². The molecule has 23 heavy (non-hydrogen) atoms. The predicted octanol–water partition coefficient (Wildman–Crippen LogP) is 2.52. The van der Waals surface area contributed by atoms with Gasteiger partial charge in [-0.2, -0.15) is 0 Å². The van der Waals surface area contributed by atoms with Gasteiger partial charge in [0, 0.05) is 19.0 Å². The number of carbonyl (C=O) groups excluding carboxylic acids is 2. The number of thiophene rings is 1. The minimum absolute atomic E-state index is 0.171. The number of nitrogens with one attached hydrogen (secondary N) is 2. The van der Waals surface area contributed by atoms with Crippen LogP contribution < -0.4 is 20.1 Å². The Labute approximate surface area is 138 Å². The van der Waals surface area contributed by atoms with Crippen molar-refractivity contribution in [2.75, 3.05) is 26.1 Å². The summed E-state index contributed by atoms with van der Waals surface area (Å²) >= 11 is 1.36. The highest BCUT2D eigenvalue weighted by Crippen LogP contribution is 2.28. The molecule has 0 saturated carbocycles. The molecule has 2 aromatic rings. The summed E-state index contributed by atoms with van der Waals surface area (Å²) in [6.07, 6.45) is 0.173. The van der Waals surface area contributed by atoms with E-state index in [-0.39, 0.29) is 24.8 Å². The van der Waals surface area contributed by atoms with Crippen molar-refractivity contribution in [2.24, 2.45) is 0 Å². The van der Waals surface area contributed by atoms with Gasteiger partial charge in [-0.1, -0.05) is 6.07 Å². The van der Waals surface area contributed by atoms with E-state index in [1.807, 2.05) is 11.4 Å². The smallest absolute Gasteiger partial charge is 0.261 e. The lowest BCUT2D eigenvalue weighted by molar-refractivity contribution is -0.116. The van der Waals surface area contributed by atoms with E-state index < -0.39 is 0 Å². The van der Waals surface area contributed by atoms with Crippen LogP contribution in [0.15, 0.2) is 35.7 Å². The van der Waals surface area contributed by atoms with Crippen LogP contribution in [0.25, 0.3) is 0 Å². The third kappa shape index (κ3) is 4.72. The summed E-state index contributed by atoms with van der Waals surface area (Å²) < 4.78 is 10.3. The van der Waals surface area contributed by atoms with Gasteiger partial charge in [-0.3, -0.25) is 9.59 Å². The zero-order valence-electron chi connectivity index (χ0n) is 12.9. The Morgan fingerprint density at radius 2 is 2.00 bits per heavy atom. The second-order valence-corrected chi connectivity index (χ2v) is 5.55. The number of amides is 2. The number of anilines is 1. The molecule has 2 N–H and O–H groups in total. The van der Waals surface area contributed by atoms with Crippen molar-refractivity contribution in [3.05, 3.63) is 40.6 Å². The van der Waals surface area contributed by atoms with Crippen LogP contribution in [0, 0.1) is 0 Å². The van der Waals surface area contributed by atoms with E-state index >= 15 is 0 Å². The van der Waals surface area contributed by atoms with Gasteiger partial charge in [0.15, 0.2) is 0 Å². The Morgan fingerprint density at radius 3 is 2.65 bits per heavy atom. The van der Waals surface area contributed by atoms with E-state index in [1.165, 1.54) is 18.4 Å². The lowest BCUT2D eigenvalue weighted by Crippen LogP contribution is -2.27. The van der Waals surface area contributed by atoms with Gasteiger partial charge >= 0.3 is 0 Å². The Kier molecular flexibility index (Phi) is 5.99. The zero-order valence-corrected chi connectivity index (χ0v) is 13.7. The summed E-state index contributed by atoms with van der Waals surface area (Å²) in [6.45, 7) is 0.265. The highest BCUT2D eigenvalue weighted by atomic mass is 32.1. The lowest BCUT2D eigenvalue weighted by Gasteiger charge is -2.11. The van der Waals surface area contributed by atoms with Crippen LogP contribution in [-0.4, -0.2) is 32.6 Å². The van der Waals surface area contributed by atoms with E-state index in [9.17, 15) is 9.59 Å². The third-order valence-corrected chi connectivity index (χ3v) is 3.93. The van der Waals surface area contributed by atoms with Gasteiger partial charge in [-0.25, -0.2) is 0 Å². The largest absolute Gasteiger partial charge is 0.497 e. The Bertz CT molecular complexity index is 671. The summed E-state index contributed by atoms with van der Waals surface area (Å²) in [5.41, 5.74) is 0.558. The lowest BCUT2D eigenvalue weighted by atomic mass is 10.2. The monoisotopic (exact) mass is 334 g/mol. The number of carbonyl (C=O) groups is 2. The van der Waals surface area contributed by atoms with Crippen LogP contribution in [0.5, 0.6) is 11.5 Å². The zero-order chi connectivity index (χ0) is 16.7. The SMILES string of the molecule is COc1ccc(NC(=O)CCNC(=O)c2cccs2)c(OC)c1. The molecule has 0 bridgehead atoms. The number of ether oxygens (including phenoxy) is 2. The fraction of sp³-hybridized carbons (Fsp3) is 0.250. The number of rotatable bonds is 7. The molecule has 0 radical (unpaired) electrons. The van der Waals surface area contributed by atoms with Crippen molar-refractivity contribution in [3.63, 3.8) is 0 Å². The van der Waals surface area contributed by atoms with Crippen molar-refractivity contribution in [1.29, 1.82) is 0 Å². The molecule has 2 amide bonds. The summed E-state index contributed by atoms with van der Waals surface area (Å²) in [7, 11) is 3.08. The second-order valence-electron chi connectivity index (χ2n) is 4.60. The average Bonchev–Trinajstić information content (AvgIpc) is 3.09. The van der Waals surface area contributed by atoms with E-state index in [1.54, 1.807) is 31.4 Å². The Balaban J connectivity index is 1.84. The molecule has 0 saturated heterocycles. The maximum Gasteiger partial charge on any atom is 0.261 e. The minimum atomic E-state index is -0.208. The van der Waals surface area contributed by atoms with Gasteiger partial charge in [0.1, 0.15) is 11.5 Å². The fourth-order valence-electron chi connectivity index (χ4n) is 1.90. The number of hydrogen-bond donors (Lipinski definition) is 2. The topological polar surface area (TPSA) is 76.7 Å². The quantitative estimate of drug-likeness (QED) is 0.816. The van der Waals surface area contributed by atoms with E-state index in [2.05, 4.69) is 10.6 Å². The van der Waals surface area contributed by atoms with Gasteiger partial charge in [-0.05, 0) is 23.6 Å². The molecule has 1 aromatic heterocycles.